The first-order valence-corrected chi connectivity index (χ1v) is 9.43. The van der Waals surface area contributed by atoms with Crippen molar-refractivity contribution in [3.8, 4) is 5.75 Å². The molecule has 2 aromatic rings. The Labute approximate surface area is 162 Å². The number of hydrogen-bond acceptors (Lipinski definition) is 7. The SMILES string of the molecule is COc1ccc(Nc2c(NC3(CCCCC(=O)NO)CCC3)c(=O)c2=O)cc1. The molecule has 0 spiro atoms. The van der Waals surface area contributed by atoms with E-state index < -0.39 is 16.8 Å². The molecule has 4 N–H and O–H groups in total. The lowest BCUT2D eigenvalue weighted by atomic mass is 9.73. The van der Waals surface area contributed by atoms with Crippen LogP contribution in [0.5, 0.6) is 5.75 Å². The largest absolute Gasteiger partial charge is 0.497 e. The Balaban J connectivity index is 1.64. The number of anilines is 3. The van der Waals surface area contributed by atoms with Crippen LogP contribution < -0.4 is 31.7 Å². The Kier molecular flexibility index (Phi) is 5.99. The van der Waals surface area contributed by atoms with Crippen LogP contribution in [0.15, 0.2) is 33.9 Å². The second kappa shape index (κ2) is 8.43. The molecule has 1 saturated carbocycles. The summed E-state index contributed by atoms with van der Waals surface area (Å²) in [6.07, 6.45) is 5.39. The van der Waals surface area contributed by atoms with Gasteiger partial charge in [0.1, 0.15) is 17.1 Å². The highest BCUT2D eigenvalue weighted by Gasteiger charge is 2.39. The zero-order valence-electron chi connectivity index (χ0n) is 15.8. The van der Waals surface area contributed by atoms with Crippen molar-refractivity contribution < 1.29 is 14.7 Å². The lowest BCUT2D eigenvalue weighted by Crippen LogP contribution is -2.49. The van der Waals surface area contributed by atoms with Gasteiger partial charge in [-0.15, -0.1) is 0 Å². The van der Waals surface area contributed by atoms with Gasteiger partial charge in [-0.1, -0.05) is 6.42 Å². The lowest BCUT2D eigenvalue weighted by molar-refractivity contribution is -0.129. The predicted molar refractivity (Wildman–Crippen MR) is 106 cm³/mol. The molecule has 0 saturated heterocycles. The summed E-state index contributed by atoms with van der Waals surface area (Å²) in [6, 6.07) is 7.11. The van der Waals surface area contributed by atoms with Gasteiger partial charge in [-0.25, -0.2) is 5.48 Å². The average Bonchev–Trinajstić information content (AvgIpc) is 2.70. The molecule has 0 bridgehead atoms. The van der Waals surface area contributed by atoms with Crippen molar-refractivity contribution in [1.82, 2.24) is 5.48 Å². The highest BCUT2D eigenvalue weighted by molar-refractivity contribution is 5.79. The van der Waals surface area contributed by atoms with Gasteiger partial charge in [0.15, 0.2) is 0 Å². The van der Waals surface area contributed by atoms with E-state index in [0.29, 0.717) is 29.2 Å². The molecule has 0 heterocycles. The Hall–Kier alpha value is -2.87. The summed E-state index contributed by atoms with van der Waals surface area (Å²) in [5.74, 6) is 0.307. The van der Waals surface area contributed by atoms with E-state index in [1.54, 1.807) is 36.9 Å². The lowest BCUT2D eigenvalue weighted by Gasteiger charge is -2.44. The fourth-order valence-electron chi connectivity index (χ4n) is 3.56. The van der Waals surface area contributed by atoms with Crippen LogP contribution in [0.1, 0.15) is 44.9 Å². The van der Waals surface area contributed by atoms with Crippen LogP contribution in [0.2, 0.25) is 0 Å². The van der Waals surface area contributed by atoms with Crippen molar-refractivity contribution in [2.75, 3.05) is 17.7 Å². The molecule has 1 aliphatic carbocycles. The first-order valence-electron chi connectivity index (χ1n) is 9.43. The van der Waals surface area contributed by atoms with Crippen LogP contribution in [-0.4, -0.2) is 23.8 Å². The minimum atomic E-state index is -0.521. The second-order valence-electron chi connectivity index (χ2n) is 7.26. The molecule has 2 aromatic carbocycles. The van der Waals surface area contributed by atoms with E-state index in [-0.39, 0.29) is 12.0 Å². The summed E-state index contributed by atoms with van der Waals surface area (Å²) in [5, 5.41) is 14.9. The molecular weight excluding hydrogens is 362 g/mol. The van der Waals surface area contributed by atoms with Gasteiger partial charge in [-0.3, -0.25) is 19.6 Å². The Morgan fingerprint density at radius 1 is 1.11 bits per heavy atom. The highest BCUT2D eigenvalue weighted by atomic mass is 16.5. The Bertz CT molecular complexity index is 896. The number of hydroxylamine groups is 1. The number of carbonyl (C=O) groups excluding carboxylic acids is 1. The van der Waals surface area contributed by atoms with Crippen LogP contribution in [0.25, 0.3) is 0 Å². The van der Waals surface area contributed by atoms with Gasteiger partial charge in [0.05, 0.1) is 7.11 Å². The number of carbonyl (C=O) groups is 1. The smallest absolute Gasteiger partial charge is 0.253 e. The van der Waals surface area contributed by atoms with Gasteiger partial charge in [-0.05, 0) is 56.4 Å². The van der Waals surface area contributed by atoms with Gasteiger partial charge in [0.25, 0.3) is 10.9 Å². The molecule has 8 heteroatoms. The fraction of sp³-hybridized carbons (Fsp3) is 0.450. The van der Waals surface area contributed by atoms with E-state index in [4.69, 9.17) is 9.94 Å². The average molecular weight is 387 g/mol. The van der Waals surface area contributed by atoms with Crippen molar-refractivity contribution in [2.24, 2.45) is 0 Å². The number of benzene rings is 1. The molecular formula is C20H25N3O5. The maximum atomic E-state index is 12.1. The number of nitrogens with one attached hydrogen (secondary N) is 3. The van der Waals surface area contributed by atoms with Crippen molar-refractivity contribution in [1.29, 1.82) is 0 Å². The third-order valence-corrected chi connectivity index (χ3v) is 5.40. The number of ether oxygens (including phenoxy) is 1. The summed E-state index contributed by atoms with van der Waals surface area (Å²) >= 11 is 0. The number of hydrogen-bond donors (Lipinski definition) is 4. The summed E-state index contributed by atoms with van der Waals surface area (Å²) in [5.41, 5.74) is 1.73. The first kappa shape index (κ1) is 19.9. The monoisotopic (exact) mass is 387 g/mol. The third-order valence-electron chi connectivity index (χ3n) is 5.40. The highest BCUT2D eigenvalue weighted by Crippen LogP contribution is 2.40. The minimum absolute atomic E-state index is 0.214. The molecule has 0 aromatic heterocycles. The van der Waals surface area contributed by atoms with Crippen LogP contribution in [0.4, 0.5) is 17.1 Å². The molecule has 0 atom stereocenters. The first-order chi connectivity index (χ1) is 13.5. The molecule has 3 rings (SSSR count). The summed E-state index contributed by atoms with van der Waals surface area (Å²) in [4.78, 5) is 35.3. The van der Waals surface area contributed by atoms with E-state index in [0.717, 1.165) is 32.1 Å². The zero-order valence-corrected chi connectivity index (χ0v) is 15.8. The van der Waals surface area contributed by atoms with Crippen LogP contribution in [-0.2, 0) is 4.79 Å². The van der Waals surface area contributed by atoms with Crippen molar-refractivity contribution in [3.05, 3.63) is 44.7 Å². The Morgan fingerprint density at radius 2 is 1.79 bits per heavy atom. The maximum absolute atomic E-state index is 12.1. The van der Waals surface area contributed by atoms with Crippen molar-refractivity contribution >= 4 is 23.0 Å². The minimum Gasteiger partial charge on any atom is -0.497 e. The van der Waals surface area contributed by atoms with E-state index in [1.165, 1.54) is 0 Å². The number of rotatable bonds is 10. The number of unbranched alkanes of at least 4 members (excludes halogenated alkanes) is 1. The zero-order chi connectivity index (χ0) is 20.1. The van der Waals surface area contributed by atoms with Gasteiger partial charge in [0.2, 0.25) is 5.91 Å². The molecule has 28 heavy (non-hydrogen) atoms. The molecule has 0 aliphatic heterocycles. The van der Waals surface area contributed by atoms with Gasteiger partial charge >= 0.3 is 0 Å². The number of methoxy groups -OCH3 is 1. The predicted octanol–water partition coefficient (Wildman–Crippen LogP) is 2.44. The topological polar surface area (TPSA) is 117 Å². The van der Waals surface area contributed by atoms with Crippen LogP contribution >= 0.6 is 0 Å². The molecule has 1 aliphatic rings. The molecule has 1 fully saturated rings. The third kappa shape index (κ3) is 4.17. The maximum Gasteiger partial charge on any atom is 0.253 e. The van der Waals surface area contributed by atoms with Crippen molar-refractivity contribution in [2.45, 2.75) is 50.5 Å². The van der Waals surface area contributed by atoms with E-state index in [9.17, 15) is 14.4 Å². The van der Waals surface area contributed by atoms with E-state index in [1.807, 2.05) is 0 Å². The van der Waals surface area contributed by atoms with E-state index in [2.05, 4.69) is 10.6 Å². The summed E-state index contributed by atoms with van der Waals surface area (Å²) in [7, 11) is 1.58. The van der Waals surface area contributed by atoms with Crippen molar-refractivity contribution in [3.63, 3.8) is 0 Å². The molecule has 0 radical (unpaired) electrons. The second-order valence-corrected chi connectivity index (χ2v) is 7.26. The summed E-state index contributed by atoms with van der Waals surface area (Å²) in [6.45, 7) is 0. The van der Waals surface area contributed by atoms with Crippen LogP contribution in [0, 0.1) is 0 Å². The molecule has 1 amide bonds. The van der Waals surface area contributed by atoms with Gasteiger partial charge < -0.3 is 15.4 Å². The van der Waals surface area contributed by atoms with Crippen LogP contribution in [0.3, 0.4) is 0 Å². The quantitative estimate of drug-likeness (QED) is 0.214. The molecule has 150 valence electrons. The van der Waals surface area contributed by atoms with E-state index >= 15 is 0 Å². The molecule has 8 nitrogen and oxygen atoms in total. The fourth-order valence-corrected chi connectivity index (χ4v) is 3.56. The van der Waals surface area contributed by atoms with Gasteiger partial charge in [0, 0.05) is 17.6 Å². The summed E-state index contributed by atoms with van der Waals surface area (Å²) < 4.78 is 5.12. The number of amides is 1. The van der Waals surface area contributed by atoms with Gasteiger partial charge in [-0.2, -0.15) is 0 Å². The normalized spacial score (nSPS) is 14.9. The molecule has 0 unspecified atom stereocenters. The Morgan fingerprint density at radius 3 is 2.36 bits per heavy atom. The standard InChI is InChI=1S/C20H25N3O5/c1-28-14-8-6-13(7-9-14)21-16-17(19(26)18(16)25)22-20(11-4-12-20)10-3-2-5-15(24)23-27/h6-9,21-22,27H,2-5,10-12H2,1H3,(H,23,24).